The first-order valence-corrected chi connectivity index (χ1v) is 6.42. The summed E-state index contributed by atoms with van der Waals surface area (Å²) in [5.74, 6) is 0.266. The monoisotopic (exact) mass is 243 g/mol. The number of hydrogen-bond donors (Lipinski definition) is 2. The Hall–Kier alpha value is -1.34. The van der Waals surface area contributed by atoms with Crippen molar-refractivity contribution < 1.29 is 13.2 Å². The highest BCUT2D eigenvalue weighted by Gasteiger charge is 2.28. The molecule has 1 aromatic rings. The zero-order valence-electron chi connectivity index (χ0n) is 8.80. The van der Waals surface area contributed by atoms with Crippen LogP contribution < -0.4 is 15.2 Å². The number of rotatable bonds is 4. The van der Waals surface area contributed by atoms with Gasteiger partial charge in [0.15, 0.2) is 5.75 Å². The number of sulfonamides is 1. The third-order valence-electron chi connectivity index (χ3n) is 2.25. The molecule has 3 N–H and O–H groups in total. The number of aromatic nitrogens is 1. The molecule has 0 saturated heterocycles. The van der Waals surface area contributed by atoms with Gasteiger partial charge in [0.1, 0.15) is 4.90 Å². The minimum Gasteiger partial charge on any atom is -0.487 e. The summed E-state index contributed by atoms with van der Waals surface area (Å²) >= 11 is 0. The van der Waals surface area contributed by atoms with Gasteiger partial charge in [-0.1, -0.05) is 0 Å². The predicted molar refractivity (Wildman–Crippen MR) is 58.8 cm³/mol. The summed E-state index contributed by atoms with van der Waals surface area (Å²) < 4.78 is 28.3. The molecular formula is C9H13N3O3S. The van der Waals surface area contributed by atoms with Crippen molar-refractivity contribution in [3.8, 4) is 5.75 Å². The summed E-state index contributed by atoms with van der Waals surface area (Å²) in [6.07, 6.45) is 4.68. The number of hydrogen-bond acceptors (Lipinski definition) is 5. The summed E-state index contributed by atoms with van der Waals surface area (Å²) in [5, 5.41) is 7.94. The smallest absolute Gasteiger partial charge is 0.243 e. The summed E-state index contributed by atoms with van der Waals surface area (Å²) in [7, 11) is -2.14. The lowest BCUT2D eigenvalue weighted by Gasteiger charge is -2.13. The second kappa shape index (κ2) is 3.91. The van der Waals surface area contributed by atoms with Gasteiger partial charge in [0, 0.05) is 7.05 Å². The van der Waals surface area contributed by atoms with E-state index in [2.05, 4.69) is 10.3 Å². The molecule has 1 heterocycles. The molecule has 0 amide bonds. The van der Waals surface area contributed by atoms with Crippen LogP contribution in [-0.4, -0.2) is 26.6 Å². The highest BCUT2D eigenvalue weighted by atomic mass is 32.2. The van der Waals surface area contributed by atoms with E-state index in [1.54, 1.807) is 7.05 Å². The second-order valence-corrected chi connectivity index (χ2v) is 5.16. The maximum Gasteiger partial charge on any atom is 0.243 e. The molecular weight excluding hydrogens is 230 g/mol. The summed E-state index contributed by atoms with van der Waals surface area (Å²) in [5.41, 5.74) is 0.526. The van der Waals surface area contributed by atoms with Crippen LogP contribution in [0.15, 0.2) is 17.3 Å². The van der Waals surface area contributed by atoms with Crippen molar-refractivity contribution in [3.63, 3.8) is 0 Å². The maximum absolute atomic E-state index is 11.4. The van der Waals surface area contributed by atoms with E-state index in [-0.39, 0.29) is 16.7 Å². The first-order chi connectivity index (χ1) is 7.52. The highest BCUT2D eigenvalue weighted by Crippen LogP contribution is 2.35. The number of anilines is 1. The molecule has 6 nitrogen and oxygen atoms in total. The molecule has 1 aliphatic rings. The van der Waals surface area contributed by atoms with Crippen LogP contribution in [0.5, 0.6) is 5.75 Å². The Morgan fingerprint density at radius 3 is 2.69 bits per heavy atom. The van der Waals surface area contributed by atoms with Crippen molar-refractivity contribution in [2.24, 2.45) is 5.14 Å². The van der Waals surface area contributed by atoms with Gasteiger partial charge < -0.3 is 10.1 Å². The van der Waals surface area contributed by atoms with Crippen LogP contribution in [0.4, 0.5) is 5.69 Å². The Morgan fingerprint density at radius 2 is 2.19 bits per heavy atom. The minimum absolute atomic E-state index is 0.0775. The summed E-state index contributed by atoms with van der Waals surface area (Å²) in [4.78, 5) is 3.73. The molecule has 0 unspecified atom stereocenters. The second-order valence-electron chi connectivity index (χ2n) is 3.63. The normalized spacial score (nSPS) is 15.9. The van der Waals surface area contributed by atoms with Crippen LogP contribution in [0.3, 0.4) is 0 Å². The fourth-order valence-corrected chi connectivity index (χ4v) is 1.91. The van der Waals surface area contributed by atoms with Gasteiger partial charge in [0.05, 0.1) is 24.2 Å². The van der Waals surface area contributed by atoms with Crippen molar-refractivity contribution >= 4 is 15.7 Å². The van der Waals surface area contributed by atoms with Crippen LogP contribution in [0, 0.1) is 0 Å². The number of pyridine rings is 1. The molecule has 0 spiro atoms. The van der Waals surface area contributed by atoms with Gasteiger partial charge in [0.25, 0.3) is 0 Å². The van der Waals surface area contributed by atoms with Crippen molar-refractivity contribution in [1.29, 1.82) is 0 Å². The SMILES string of the molecule is CNc1cncc(S(N)(=O)=O)c1OC1CC1. The maximum atomic E-state index is 11.4. The fourth-order valence-electron chi connectivity index (χ4n) is 1.28. The number of nitrogens with two attached hydrogens (primary N) is 1. The topological polar surface area (TPSA) is 94.3 Å². The average molecular weight is 243 g/mol. The largest absolute Gasteiger partial charge is 0.487 e. The van der Waals surface area contributed by atoms with Crippen molar-refractivity contribution in [2.75, 3.05) is 12.4 Å². The van der Waals surface area contributed by atoms with E-state index >= 15 is 0 Å². The number of primary sulfonamides is 1. The van der Waals surface area contributed by atoms with Crippen LogP contribution in [0.25, 0.3) is 0 Å². The van der Waals surface area contributed by atoms with E-state index in [0.29, 0.717) is 5.69 Å². The molecule has 1 fully saturated rings. The Morgan fingerprint density at radius 1 is 1.50 bits per heavy atom. The lowest BCUT2D eigenvalue weighted by atomic mass is 10.4. The van der Waals surface area contributed by atoms with Crippen LogP contribution >= 0.6 is 0 Å². The molecule has 0 atom stereocenters. The van der Waals surface area contributed by atoms with E-state index in [4.69, 9.17) is 9.88 Å². The Balaban J connectivity index is 2.49. The summed E-state index contributed by atoms with van der Waals surface area (Å²) in [6.45, 7) is 0. The number of ether oxygens (including phenoxy) is 1. The standard InChI is InChI=1S/C9H13N3O3S/c1-11-7-4-12-5-8(16(10,13)14)9(7)15-6-2-3-6/h4-6,11H,2-3H2,1H3,(H2,10,13,14). The molecule has 0 radical (unpaired) electrons. The van der Waals surface area contributed by atoms with Gasteiger partial charge >= 0.3 is 0 Å². The lowest BCUT2D eigenvalue weighted by molar-refractivity contribution is 0.296. The van der Waals surface area contributed by atoms with Gasteiger partial charge in [-0.2, -0.15) is 0 Å². The predicted octanol–water partition coefficient (Wildman–Crippen LogP) is 0.312. The van der Waals surface area contributed by atoms with Gasteiger partial charge in [-0.15, -0.1) is 0 Å². The van der Waals surface area contributed by atoms with Crippen LogP contribution in [-0.2, 0) is 10.0 Å². The summed E-state index contributed by atoms with van der Waals surface area (Å²) in [6, 6.07) is 0. The zero-order chi connectivity index (χ0) is 11.8. The van der Waals surface area contributed by atoms with E-state index in [9.17, 15) is 8.42 Å². The quantitative estimate of drug-likeness (QED) is 0.793. The molecule has 16 heavy (non-hydrogen) atoms. The van der Waals surface area contributed by atoms with Gasteiger partial charge in [0.2, 0.25) is 10.0 Å². The van der Waals surface area contributed by atoms with Crippen LogP contribution in [0.1, 0.15) is 12.8 Å². The highest BCUT2D eigenvalue weighted by molar-refractivity contribution is 7.89. The molecule has 7 heteroatoms. The van der Waals surface area contributed by atoms with Crippen molar-refractivity contribution in [2.45, 2.75) is 23.8 Å². The lowest BCUT2D eigenvalue weighted by Crippen LogP contribution is -2.15. The Kier molecular flexibility index (Phi) is 2.73. The first-order valence-electron chi connectivity index (χ1n) is 4.87. The molecule has 0 aromatic carbocycles. The average Bonchev–Trinajstić information content (AvgIpc) is 3.00. The Labute approximate surface area is 93.9 Å². The molecule has 2 rings (SSSR count). The van der Waals surface area contributed by atoms with Gasteiger partial charge in [-0.25, -0.2) is 13.6 Å². The molecule has 0 bridgehead atoms. The van der Waals surface area contributed by atoms with Gasteiger partial charge in [-0.3, -0.25) is 4.98 Å². The van der Waals surface area contributed by atoms with E-state index in [1.807, 2.05) is 0 Å². The molecule has 0 aliphatic heterocycles. The van der Waals surface area contributed by atoms with Gasteiger partial charge in [-0.05, 0) is 12.8 Å². The minimum atomic E-state index is -3.81. The van der Waals surface area contributed by atoms with E-state index in [0.717, 1.165) is 12.8 Å². The zero-order valence-corrected chi connectivity index (χ0v) is 9.62. The third kappa shape index (κ3) is 2.25. The fraction of sp³-hybridized carbons (Fsp3) is 0.444. The molecule has 1 saturated carbocycles. The van der Waals surface area contributed by atoms with Crippen molar-refractivity contribution in [3.05, 3.63) is 12.4 Å². The molecule has 1 aliphatic carbocycles. The molecule has 88 valence electrons. The van der Waals surface area contributed by atoms with Crippen molar-refractivity contribution in [1.82, 2.24) is 4.98 Å². The van der Waals surface area contributed by atoms with E-state index in [1.165, 1.54) is 12.4 Å². The number of nitrogens with zero attached hydrogens (tertiary/aromatic N) is 1. The van der Waals surface area contributed by atoms with E-state index < -0.39 is 10.0 Å². The third-order valence-corrected chi connectivity index (χ3v) is 3.15. The first kappa shape index (κ1) is 11.2. The Bertz CT molecular complexity index is 497. The van der Waals surface area contributed by atoms with Crippen LogP contribution in [0.2, 0.25) is 0 Å². The number of nitrogens with one attached hydrogen (secondary N) is 1. The molecule has 1 aromatic heterocycles.